The third-order valence-corrected chi connectivity index (χ3v) is 6.09. The van der Waals surface area contributed by atoms with Gasteiger partial charge in [-0.1, -0.05) is 18.6 Å². The number of nitrogens with zero attached hydrogens (tertiary/aromatic N) is 1. The van der Waals surface area contributed by atoms with Crippen LogP contribution in [0.2, 0.25) is 0 Å². The fourth-order valence-corrected chi connectivity index (χ4v) is 4.42. The second-order valence-electron chi connectivity index (χ2n) is 7.66. The van der Waals surface area contributed by atoms with Crippen molar-refractivity contribution in [3.8, 4) is 5.69 Å². The molecule has 1 aromatic carbocycles. The summed E-state index contributed by atoms with van der Waals surface area (Å²) in [6, 6.07) is 6.52. The fraction of sp³-hybridized carbons (Fsp3) is 0.500. The highest BCUT2D eigenvalue weighted by Gasteiger charge is 2.31. The summed E-state index contributed by atoms with van der Waals surface area (Å²) in [5.41, 5.74) is 3.06. The monoisotopic (exact) mass is 355 g/mol. The van der Waals surface area contributed by atoms with Gasteiger partial charge >= 0.3 is 5.69 Å². The van der Waals surface area contributed by atoms with Crippen molar-refractivity contribution >= 4 is 5.82 Å². The van der Waals surface area contributed by atoms with Gasteiger partial charge < -0.3 is 10.2 Å². The van der Waals surface area contributed by atoms with E-state index in [0.717, 1.165) is 23.5 Å². The van der Waals surface area contributed by atoms with Crippen molar-refractivity contribution in [1.82, 2.24) is 9.55 Å². The molecule has 1 unspecified atom stereocenters. The summed E-state index contributed by atoms with van der Waals surface area (Å²) in [6.07, 6.45) is 6.32. The molecule has 4 rings (SSSR count). The third-order valence-electron chi connectivity index (χ3n) is 6.09. The summed E-state index contributed by atoms with van der Waals surface area (Å²) in [7, 11) is 0. The molecule has 6 heteroatoms. The van der Waals surface area contributed by atoms with Crippen LogP contribution >= 0.6 is 0 Å². The number of anilines is 1. The highest BCUT2D eigenvalue weighted by Crippen LogP contribution is 2.22. The van der Waals surface area contributed by atoms with Gasteiger partial charge in [0.2, 0.25) is 0 Å². The Labute approximate surface area is 152 Å². The molecule has 138 valence electrons. The smallest absolute Gasteiger partial charge is 0.324 e. The Morgan fingerprint density at radius 1 is 1.12 bits per heavy atom. The Kier molecular flexibility index (Phi) is 4.44. The van der Waals surface area contributed by atoms with Crippen molar-refractivity contribution in [2.75, 3.05) is 12.0 Å². The Balaban J connectivity index is 1.79. The van der Waals surface area contributed by atoms with Gasteiger partial charge in [-0.25, -0.2) is 9.36 Å². The van der Waals surface area contributed by atoms with Gasteiger partial charge in [-0.3, -0.25) is 9.78 Å². The Morgan fingerprint density at radius 3 is 2.65 bits per heavy atom. The minimum atomic E-state index is -0.379. The number of benzene rings is 1. The summed E-state index contributed by atoms with van der Waals surface area (Å²) >= 11 is 0. The van der Waals surface area contributed by atoms with Crippen LogP contribution in [0.3, 0.4) is 0 Å². The molecule has 1 fully saturated rings. The standard InChI is InChI=1S/C20H26N4O2/c1-13-7-6-10-17(14(13)2)24-18-16(19(25)22-20(24)26)11-23(12-21-18)15-8-4-3-5-9-15/h6-7,10,15,21H,3-5,8-9,11-12H2,1-2H3,(H,22,25,26)/p+1. The highest BCUT2D eigenvalue weighted by molar-refractivity contribution is 5.54. The highest BCUT2D eigenvalue weighted by atomic mass is 16.2. The summed E-state index contributed by atoms with van der Waals surface area (Å²) in [6.45, 7) is 5.47. The van der Waals surface area contributed by atoms with Gasteiger partial charge in [-0.05, 0) is 56.7 Å². The number of nitrogens with one attached hydrogen (secondary N) is 3. The molecule has 2 aliphatic rings. The first-order valence-corrected chi connectivity index (χ1v) is 9.59. The molecular weight excluding hydrogens is 328 g/mol. The van der Waals surface area contributed by atoms with Crippen molar-refractivity contribution in [3.05, 3.63) is 55.7 Å². The average molecular weight is 355 g/mol. The van der Waals surface area contributed by atoms with E-state index in [1.807, 2.05) is 32.0 Å². The molecule has 2 aromatic rings. The first kappa shape index (κ1) is 17.1. The van der Waals surface area contributed by atoms with E-state index in [2.05, 4.69) is 10.3 Å². The number of aryl methyl sites for hydroxylation is 1. The molecule has 0 saturated heterocycles. The summed E-state index contributed by atoms with van der Waals surface area (Å²) in [5, 5.41) is 3.41. The number of fused-ring (bicyclic) bond motifs is 1. The zero-order valence-corrected chi connectivity index (χ0v) is 15.5. The van der Waals surface area contributed by atoms with E-state index in [0.29, 0.717) is 24.0 Å². The van der Waals surface area contributed by atoms with E-state index < -0.39 is 0 Å². The zero-order valence-electron chi connectivity index (χ0n) is 15.5. The maximum Gasteiger partial charge on any atom is 0.334 e. The van der Waals surface area contributed by atoms with Crippen LogP contribution in [0.25, 0.3) is 5.69 Å². The van der Waals surface area contributed by atoms with Crippen LogP contribution in [0.15, 0.2) is 27.8 Å². The lowest BCUT2D eigenvalue weighted by atomic mass is 9.94. The number of aromatic nitrogens is 2. The first-order chi connectivity index (χ1) is 12.6. The van der Waals surface area contributed by atoms with E-state index >= 15 is 0 Å². The SMILES string of the molecule is Cc1cccc(-n2c3c(c(=O)[nH]c2=O)C[NH+](C2CCCCC2)CN3)c1C. The number of aromatic amines is 1. The van der Waals surface area contributed by atoms with Crippen molar-refractivity contribution in [1.29, 1.82) is 0 Å². The van der Waals surface area contributed by atoms with Crippen LogP contribution in [-0.2, 0) is 6.54 Å². The summed E-state index contributed by atoms with van der Waals surface area (Å²) in [4.78, 5) is 29.1. The molecule has 0 bridgehead atoms. The Bertz CT molecular complexity index is 938. The van der Waals surface area contributed by atoms with E-state index in [1.54, 1.807) is 4.57 Å². The lowest BCUT2D eigenvalue weighted by Gasteiger charge is -2.35. The largest absolute Gasteiger partial charge is 0.334 e. The number of rotatable bonds is 2. The van der Waals surface area contributed by atoms with Crippen LogP contribution in [0.5, 0.6) is 0 Å². The van der Waals surface area contributed by atoms with Gasteiger partial charge in [0.15, 0.2) is 6.67 Å². The van der Waals surface area contributed by atoms with Gasteiger partial charge in [-0.15, -0.1) is 0 Å². The molecular formula is C20H27N4O2+. The second kappa shape index (κ2) is 6.76. The topological polar surface area (TPSA) is 71.3 Å². The molecule has 0 amide bonds. The number of hydrogen-bond acceptors (Lipinski definition) is 3. The third kappa shape index (κ3) is 2.88. The Morgan fingerprint density at radius 2 is 1.88 bits per heavy atom. The number of hydrogen-bond donors (Lipinski definition) is 3. The molecule has 1 atom stereocenters. The molecule has 3 N–H and O–H groups in total. The van der Waals surface area contributed by atoms with Crippen molar-refractivity contribution < 1.29 is 4.90 Å². The van der Waals surface area contributed by atoms with Crippen molar-refractivity contribution in [2.24, 2.45) is 0 Å². The van der Waals surface area contributed by atoms with Gasteiger partial charge in [0, 0.05) is 0 Å². The summed E-state index contributed by atoms with van der Waals surface area (Å²) in [5.74, 6) is 0.659. The minimum Gasteiger partial charge on any atom is -0.324 e. The van der Waals surface area contributed by atoms with Crippen molar-refractivity contribution in [2.45, 2.75) is 58.5 Å². The van der Waals surface area contributed by atoms with Gasteiger partial charge in [0.25, 0.3) is 5.56 Å². The lowest BCUT2D eigenvalue weighted by molar-refractivity contribution is -0.938. The molecule has 0 radical (unpaired) electrons. The van der Waals surface area contributed by atoms with E-state index in [1.165, 1.54) is 37.0 Å². The van der Waals surface area contributed by atoms with Crippen LogP contribution in [0.4, 0.5) is 5.82 Å². The molecule has 1 aliphatic heterocycles. The van der Waals surface area contributed by atoms with E-state index in [4.69, 9.17) is 0 Å². The average Bonchev–Trinajstić information content (AvgIpc) is 2.65. The van der Waals surface area contributed by atoms with Crippen LogP contribution < -0.4 is 21.5 Å². The molecule has 1 aromatic heterocycles. The minimum absolute atomic E-state index is 0.257. The van der Waals surface area contributed by atoms with Crippen LogP contribution in [0, 0.1) is 13.8 Å². The molecule has 1 aliphatic carbocycles. The quantitative estimate of drug-likeness (QED) is 0.759. The first-order valence-electron chi connectivity index (χ1n) is 9.59. The normalized spacial score (nSPS) is 20.5. The van der Waals surface area contributed by atoms with E-state index in [-0.39, 0.29) is 11.2 Å². The molecule has 26 heavy (non-hydrogen) atoms. The maximum absolute atomic E-state index is 12.6. The molecule has 6 nitrogen and oxygen atoms in total. The molecule has 1 saturated carbocycles. The number of quaternary nitrogens is 1. The zero-order chi connectivity index (χ0) is 18.3. The van der Waals surface area contributed by atoms with E-state index in [9.17, 15) is 9.59 Å². The number of H-pyrrole nitrogens is 1. The second-order valence-corrected chi connectivity index (χ2v) is 7.66. The predicted molar refractivity (Wildman–Crippen MR) is 102 cm³/mol. The predicted octanol–water partition coefficient (Wildman–Crippen LogP) is 1.24. The van der Waals surface area contributed by atoms with Gasteiger partial charge in [0.05, 0.1) is 11.7 Å². The fourth-order valence-electron chi connectivity index (χ4n) is 4.42. The molecule has 0 spiro atoms. The van der Waals surface area contributed by atoms with Gasteiger partial charge in [-0.2, -0.15) is 0 Å². The lowest BCUT2D eigenvalue weighted by Crippen LogP contribution is -3.16. The maximum atomic E-state index is 12.6. The van der Waals surface area contributed by atoms with Crippen LogP contribution in [0.1, 0.15) is 48.8 Å². The molecule has 2 heterocycles. The summed E-state index contributed by atoms with van der Waals surface area (Å²) < 4.78 is 1.64. The van der Waals surface area contributed by atoms with Crippen LogP contribution in [-0.4, -0.2) is 22.3 Å². The Hall–Kier alpha value is -2.34. The van der Waals surface area contributed by atoms with Gasteiger partial charge in [0.1, 0.15) is 17.9 Å². The van der Waals surface area contributed by atoms with Crippen molar-refractivity contribution in [3.63, 3.8) is 0 Å².